The Morgan fingerprint density at radius 3 is 2.50 bits per heavy atom. The number of carbonyl (C=O) groups is 1. The van der Waals surface area contributed by atoms with Crippen LogP contribution in [0.3, 0.4) is 0 Å². The molecule has 0 aliphatic carbocycles. The molecular weight excluding hydrogens is 352 g/mol. The summed E-state index contributed by atoms with van der Waals surface area (Å²) in [5.41, 5.74) is 1.73. The second-order valence-corrected chi connectivity index (χ2v) is 5.82. The molecule has 1 aromatic carbocycles. The highest BCUT2D eigenvalue weighted by Gasteiger charge is 2.37. The first-order chi connectivity index (χ1) is 12.2. The number of nitrogens with zero attached hydrogens (tertiary/aromatic N) is 3. The summed E-state index contributed by atoms with van der Waals surface area (Å²) in [6.07, 6.45) is -3.39. The molecular formula is C17H14F4N4O. The first kappa shape index (κ1) is 17.8. The monoisotopic (exact) mass is 366 g/mol. The lowest BCUT2D eigenvalue weighted by molar-refractivity contribution is -0.149. The molecule has 0 bridgehead atoms. The summed E-state index contributed by atoms with van der Waals surface area (Å²) < 4.78 is 52.5. The molecule has 9 heteroatoms. The molecule has 0 aliphatic heterocycles. The molecule has 0 saturated carbocycles. The van der Waals surface area contributed by atoms with Crippen LogP contribution in [-0.4, -0.2) is 32.7 Å². The summed E-state index contributed by atoms with van der Waals surface area (Å²) in [7, 11) is 0. The lowest BCUT2D eigenvalue weighted by Crippen LogP contribution is -2.43. The zero-order valence-electron chi connectivity index (χ0n) is 13.8. The van der Waals surface area contributed by atoms with Gasteiger partial charge in [-0.2, -0.15) is 18.3 Å². The molecule has 0 spiro atoms. The SMILES string of the molecule is Cc1cc(-c2ccc(F)cc2)nc2c(C(=O)N[C@@H](C)C(F)(F)F)cnn12. The summed E-state index contributed by atoms with van der Waals surface area (Å²) in [6.45, 7) is 2.57. The maximum Gasteiger partial charge on any atom is 0.408 e. The Hall–Kier alpha value is -2.97. The third-order valence-corrected chi connectivity index (χ3v) is 3.87. The number of hydrogen-bond acceptors (Lipinski definition) is 3. The van der Waals surface area contributed by atoms with E-state index in [1.807, 2.05) is 5.32 Å². The van der Waals surface area contributed by atoms with Crippen LogP contribution in [0.1, 0.15) is 23.0 Å². The van der Waals surface area contributed by atoms with Crippen molar-refractivity contribution in [3.8, 4) is 11.3 Å². The van der Waals surface area contributed by atoms with Gasteiger partial charge in [-0.25, -0.2) is 13.9 Å². The summed E-state index contributed by atoms with van der Waals surface area (Å²) in [4.78, 5) is 16.5. The van der Waals surface area contributed by atoms with Gasteiger partial charge in [-0.1, -0.05) is 0 Å². The van der Waals surface area contributed by atoms with Crippen LogP contribution in [0.5, 0.6) is 0 Å². The maximum atomic E-state index is 13.1. The first-order valence-electron chi connectivity index (χ1n) is 7.65. The van der Waals surface area contributed by atoms with Crippen LogP contribution in [0.4, 0.5) is 17.6 Å². The Kier molecular flexibility index (Phi) is 4.39. The summed E-state index contributed by atoms with van der Waals surface area (Å²) in [6, 6.07) is 5.27. The highest BCUT2D eigenvalue weighted by molar-refractivity contribution is 6.00. The van der Waals surface area contributed by atoms with Crippen molar-refractivity contribution < 1.29 is 22.4 Å². The summed E-state index contributed by atoms with van der Waals surface area (Å²) in [5.74, 6) is -1.33. The van der Waals surface area contributed by atoms with Crippen LogP contribution < -0.4 is 5.32 Å². The van der Waals surface area contributed by atoms with Crippen molar-refractivity contribution in [2.45, 2.75) is 26.1 Å². The maximum absolute atomic E-state index is 13.1. The highest BCUT2D eigenvalue weighted by atomic mass is 19.4. The lowest BCUT2D eigenvalue weighted by Gasteiger charge is -2.16. The predicted octanol–water partition coefficient (Wildman–Crippen LogP) is 3.52. The molecule has 0 unspecified atom stereocenters. The van der Waals surface area contributed by atoms with E-state index in [1.54, 1.807) is 13.0 Å². The molecule has 26 heavy (non-hydrogen) atoms. The van der Waals surface area contributed by atoms with E-state index in [4.69, 9.17) is 0 Å². The number of fused-ring (bicyclic) bond motifs is 1. The largest absolute Gasteiger partial charge is 0.408 e. The van der Waals surface area contributed by atoms with Crippen molar-refractivity contribution in [3.05, 3.63) is 53.6 Å². The molecule has 1 atom stereocenters. The standard InChI is InChI=1S/C17H14F4N4O/c1-9-7-14(11-3-5-12(18)6-4-11)24-15-13(8-22-25(9)15)16(26)23-10(2)17(19,20)21/h3-8,10H,1-2H3,(H,23,26)/t10-/m0/s1. The third kappa shape index (κ3) is 3.37. The number of amides is 1. The number of alkyl halides is 3. The minimum atomic E-state index is -4.55. The van der Waals surface area contributed by atoms with Gasteiger partial charge in [-0.15, -0.1) is 0 Å². The van der Waals surface area contributed by atoms with Crippen LogP contribution in [-0.2, 0) is 0 Å². The van der Waals surface area contributed by atoms with E-state index in [-0.39, 0.29) is 11.2 Å². The average molecular weight is 366 g/mol. The van der Waals surface area contributed by atoms with Gasteiger partial charge in [0.15, 0.2) is 5.65 Å². The molecule has 0 saturated heterocycles. The van der Waals surface area contributed by atoms with Crippen LogP contribution in [0, 0.1) is 12.7 Å². The summed E-state index contributed by atoms with van der Waals surface area (Å²) in [5, 5.41) is 5.90. The van der Waals surface area contributed by atoms with E-state index < -0.39 is 23.9 Å². The van der Waals surface area contributed by atoms with Crippen molar-refractivity contribution in [1.29, 1.82) is 0 Å². The zero-order valence-corrected chi connectivity index (χ0v) is 13.8. The van der Waals surface area contributed by atoms with E-state index in [0.717, 1.165) is 6.92 Å². The van der Waals surface area contributed by atoms with Gasteiger partial charge in [0, 0.05) is 11.3 Å². The molecule has 2 heterocycles. The Bertz CT molecular complexity index is 963. The Labute approximate surface area is 145 Å². The third-order valence-electron chi connectivity index (χ3n) is 3.87. The molecule has 2 aromatic heterocycles. The minimum absolute atomic E-state index is 0.0758. The molecule has 0 aliphatic rings. The normalized spacial score (nSPS) is 13.0. The Morgan fingerprint density at radius 1 is 1.23 bits per heavy atom. The topological polar surface area (TPSA) is 59.3 Å². The van der Waals surface area contributed by atoms with E-state index in [1.165, 1.54) is 35.0 Å². The molecule has 1 amide bonds. The number of halogens is 4. The Morgan fingerprint density at radius 2 is 1.88 bits per heavy atom. The van der Waals surface area contributed by atoms with Crippen molar-refractivity contribution in [1.82, 2.24) is 19.9 Å². The minimum Gasteiger partial charge on any atom is -0.340 e. The van der Waals surface area contributed by atoms with Gasteiger partial charge in [0.05, 0.1) is 11.9 Å². The van der Waals surface area contributed by atoms with Crippen LogP contribution in [0.15, 0.2) is 36.5 Å². The van der Waals surface area contributed by atoms with E-state index in [9.17, 15) is 22.4 Å². The van der Waals surface area contributed by atoms with Gasteiger partial charge in [-0.05, 0) is 44.2 Å². The lowest BCUT2D eigenvalue weighted by atomic mass is 10.1. The number of hydrogen-bond donors (Lipinski definition) is 1. The number of aromatic nitrogens is 3. The molecule has 1 N–H and O–H groups in total. The quantitative estimate of drug-likeness (QED) is 0.722. The predicted molar refractivity (Wildman–Crippen MR) is 86.1 cm³/mol. The van der Waals surface area contributed by atoms with Gasteiger partial charge in [0.25, 0.3) is 5.91 Å². The summed E-state index contributed by atoms with van der Waals surface area (Å²) >= 11 is 0. The fraction of sp³-hybridized carbons (Fsp3) is 0.235. The average Bonchev–Trinajstić information content (AvgIpc) is 2.99. The van der Waals surface area contributed by atoms with E-state index in [2.05, 4.69) is 10.1 Å². The number of carbonyl (C=O) groups excluding carboxylic acids is 1. The second kappa shape index (κ2) is 6.40. The van der Waals surface area contributed by atoms with Gasteiger partial charge in [0.2, 0.25) is 0 Å². The number of benzene rings is 1. The van der Waals surface area contributed by atoms with Gasteiger partial charge in [-0.3, -0.25) is 4.79 Å². The van der Waals surface area contributed by atoms with E-state index in [0.29, 0.717) is 17.0 Å². The molecule has 0 radical (unpaired) electrons. The molecule has 5 nitrogen and oxygen atoms in total. The molecule has 3 aromatic rings. The fourth-order valence-corrected chi connectivity index (χ4v) is 2.40. The fourth-order valence-electron chi connectivity index (χ4n) is 2.40. The van der Waals surface area contributed by atoms with Crippen LogP contribution in [0.25, 0.3) is 16.9 Å². The van der Waals surface area contributed by atoms with Crippen molar-refractivity contribution >= 4 is 11.6 Å². The zero-order chi connectivity index (χ0) is 19.1. The van der Waals surface area contributed by atoms with Crippen LogP contribution in [0.2, 0.25) is 0 Å². The van der Waals surface area contributed by atoms with Crippen molar-refractivity contribution in [3.63, 3.8) is 0 Å². The second-order valence-electron chi connectivity index (χ2n) is 5.82. The first-order valence-corrected chi connectivity index (χ1v) is 7.65. The van der Waals surface area contributed by atoms with Crippen LogP contribution >= 0.6 is 0 Å². The Balaban J connectivity index is 2.02. The molecule has 3 rings (SSSR count). The van der Waals surface area contributed by atoms with Crippen molar-refractivity contribution in [2.75, 3.05) is 0 Å². The molecule has 136 valence electrons. The molecule has 0 fully saturated rings. The number of aryl methyl sites for hydroxylation is 1. The van der Waals surface area contributed by atoms with Crippen molar-refractivity contribution in [2.24, 2.45) is 0 Å². The van der Waals surface area contributed by atoms with E-state index >= 15 is 0 Å². The number of nitrogens with one attached hydrogen (secondary N) is 1. The highest BCUT2D eigenvalue weighted by Crippen LogP contribution is 2.23. The smallest absolute Gasteiger partial charge is 0.340 e. The van der Waals surface area contributed by atoms with Gasteiger partial charge in [0.1, 0.15) is 17.4 Å². The van der Waals surface area contributed by atoms with Gasteiger partial charge < -0.3 is 5.32 Å². The van der Waals surface area contributed by atoms with Gasteiger partial charge >= 0.3 is 6.18 Å². The number of rotatable bonds is 3.